The molecule has 1 aliphatic carbocycles. The molecule has 2 rings (SSSR count). The molecule has 0 amide bonds. The highest BCUT2D eigenvalue weighted by Crippen LogP contribution is 2.34. The van der Waals surface area contributed by atoms with Gasteiger partial charge in [-0.25, -0.2) is 0 Å². The van der Waals surface area contributed by atoms with Gasteiger partial charge in [0, 0.05) is 13.7 Å². The van der Waals surface area contributed by atoms with Gasteiger partial charge in [0.1, 0.15) is 0 Å². The van der Waals surface area contributed by atoms with Crippen molar-refractivity contribution in [3.05, 3.63) is 5.82 Å². The number of ether oxygens (including phenoxy) is 1. The molecule has 0 bridgehead atoms. The fourth-order valence-corrected chi connectivity index (χ4v) is 1.63. The maximum atomic E-state index is 5.45. The second kappa shape index (κ2) is 3.57. The Balaban J connectivity index is 1.87. The number of methoxy groups -OCH3 is 1. The summed E-state index contributed by atoms with van der Waals surface area (Å²) in [5.74, 6) is 0.646. The molecular weight excluding hydrogens is 182 g/mol. The average molecular weight is 197 g/mol. The van der Waals surface area contributed by atoms with Crippen LogP contribution in [0.2, 0.25) is 0 Å². The van der Waals surface area contributed by atoms with Gasteiger partial charge in [-0.05, 0) is 26.2 Å². The Morgan fingerprint density at radius 3 is 2.79 bits per heavy atom. The number of rotatable bonds is 4. The fraction of sp³-hybridized carbons (Fsp3) is 0.778. The summed E-state index contributed by atoms with van der Waals surface area (Å²) in [6.07, 6.45) is 3.44. The number of nitrogens with one attached hydrogen (secondary N) is 1. The lowest BCUT2D eigenvalue weighted by Crippen LogP contribution is -2.45. The molecule has 1 fully saturated rings. The zero-order valence-electron chi connectivity index (χ0n) is 8.54. The first-order valence-electron chi connectivity index (χ1n) is 4.83. The van der Waals surface area contributed by atoms with Crippen molar-refractivity contribution in [2.24, 2.45) is 0 Å². The predicted molar refractivity (Wildman–Crippen MR) is 51.1 cm³/mol. The van der Waals surface area contributed by atoms with E-state index in [1.54, 1.807) is 14.0 Å². The van der Waals surface area contributed by atoms with E-state index in [0.29, 0.717) is 11.8 Å². The molecule has 78 valence electrons. The number of nitrogens with zero attached hydrogens (tertiary/aromatic N) is 2. The summed E-state index contributed by atoms with van der Waals surface area (Å²) in [6.45, 7) is 2.54. The van der Waals surface area contributed by atoms with Gasteiger partial charge in [0.25, 0.3) is 0 Å². The van der Waals surface area contributed by atoms with E-state index in [9.17, 15) is 0 Å². The summed E-state index contributed by atoms with van der Waals surface area (Å²) in [4.78, 5) is 4.06. The monoisotopic (exact) mass is 197 g/mol. The molecule has 0 saturated heterocycles. The topological polar surface area (TPSA) is 60.2 Å². The molecule has 0 spiro atoms. The minimum atomic E-state index is -0.0115. The van der Waals surface area contributed by atoms with Gasteiger partial charge in [-0.2, -0.15) is 4.98 Å². The molecule has 5 heteroatoms. The normalized spacial score (nSPS) is 19.0. The minimum Gasteiger partial charge on any atom is -0.376 e. The second-order valence-electron chi connectivity index (χ2n) is 3.74. The van der Waals surface area contributed by atoms with Gasteiger partial charge < -0.3 is 14.6 Å². The van der Waals surface area contributed by atoms with E-state index >= 15 is 0 Å². The van der Waals surface area contributed by atoms with Crippen LogP contribution in [-0.2, 0) is 4.74 Å². The highest BCUT2D eigenvalue weighted by molar-refractivity contribution is 5.20. The standard InChI is InChI=1S/C9H15N3O2/c1-7-11-8(14-12-7)10-6-9(13-2)4-3-5-9/h3-6H2,1-2H3,(H,10,11,12). The van der Waals surface area contributed by atoms with Crippen LogP contribution < -0.4 is 5.32 Å². The van der Waals surface area contributed by atoms with E-state index in [1.165, 1.54) is 6.42 Å². The Morgan fingerprint density at radius 2 is 2.36 bits per heavy atom. The van der Waals surface area contributed by atoms with Gasteiger partial charge in [-0.15, -0.1) is 0 Å². The second-order valence-corrected chi connectivity index (χ2v) is 3.74. The van der Waals surface area contributed by atoms with Gasteiger partial charge in [-0.3, -0.25) is 0 Å². The molecular formula is C9H15N3O2. The lowest BCUT2D eigenvalue weighted by atomic mass is 9.80. The average Bonchev–Trinajstić information content (AvgIpc) is 2.50. The van der Waals surface area contributed by atoms with Crippen LogP contribution >= 0.6 is 0 Å². The van der Waals surface area contributed by atoms with Crippen molar-refractivity contribution in [3.8, 4) is 0 Å². The van der Waals surface area contributed by atoms with Crippen molar-refractivity contribution in [1.82, 2.24) is 10.1 Å². The molecule has 14 heavy (non-hydrogen) atoms. The molecule has 1 heterocycles. The van der Waals surface area contributed by atoms with E-state index in [0.717, 1.165) is 19.4 Å². The molecule has 1 aromatic rings. The SMILES string of the molecule is COC1(CNc2nc(C)no2)CCC1. The summed E-state index contributed by atoms with van der Waals surface area (Å²) in [7, 11) is 1.75. The first-order valence-corrected chi connectivity index (χ1v) is 4.83. The molecule has 1 saturated carbocycles. The number of aromatic nitrogens is 2. The van der Waals surface area contributed by atoms with Crippen LogP contribution in [0.5, 0.6) is 0 Å². The predicted octanol–water partition coefficient (Wildman–Crippen LogP) is 1.36. The summed E-state index contributed by atoms with van der Waals surface area (Å²) in [5, 5.41) is 6.79. The van der Waals surface area contributed by atoms with Crippen LogP contribution in [0.4, 0.5) is 6.01 Å². The van der Waals surface area contributed by atoms with Crippen molar-refractivity contribution >= 4 is 6.01 Å². The minimum absolute atomic E-state index is 0.0115. The van der Waals surface area contributed by atoms with E-state index in [-0.39, 0.29) is 5.60 Å². The van der Waals surface area contributed by atoms with E-state index in [2.05, 4.69) is 15.5 Å². The van der Waals surface area contributed by atoms with Crippen LogP contribution in [0.3, 0.4) is 0 Å². The summed E-state index contributed by atoms with van der Waals surface area (Å²) in [6, 6.07) is 0.478. The Labute approximate surface area is 82.8 Å². The Bertz CT molecular complexity index is 301. The Kier molecular flexibility index (Phi) is 2.41. The van der Waals surface area contributed by atoms with E-state index < -0.39 is 0 Å². The van der Waals surface area contributed by atoms with Gasteiger partial charge in [0.15, 0.2) is 5.82 Å². The summed E-state index contributed by atoms with van der Waals surface area (Å²) >= 11 is 0. The number of aryl methyl sites for hydroxylation is 1. The third-order valence-corrected chi connectivity index (χ3v) is 2.79. The maximum Gasteiger partial charge on any atom is 0.321 e. The van der Waals surface area contributed by atoms with Gasteiger partial charge in [0.05, 0.1) is 5.60 Å². The summed E-state index contributed by atoms with van der Waals surface area (Å²) < 4.78 is 10.4. The molecule has 1 aliphatic rings. The maximum absolute atomic E-state index is 5.45. The molecule has 0 atom stereocenters. The lowest BCUT2D eigenvalue weighted by molar-refractivity contribution is -0.0604. The number of hydrogen-bond acceptors (Lipinski definition) is 5. The zero-order valence-corrected chi connectivity index (χ0v) is 8.54. The van der Waals surface area contributed by atoms with Crippen LogP contribution in [0.25, 0.3) is 0 Å². The molecule has 1 N–H and O–H groups in total. The largest absolute Gasteiger partial charge is 0.376 e. The number of hydrogen-bond donors (Lipinski definition) is 1. The molecule has 0 unspecified atom stereocenters. The lowest BCUT2D eigenvalue weighted by Gasteiger charge is -2.40. The van der Waals surface area contributed by atoms with Crippen molar-refractivity contribution in [2.75, 3.05) is 19.0 Å². The smallest absolute Gasteiger partial charge is 0.321 e. The number of anilines is 1. The molecule has 0 radical (unpaired) electrons. The molecule has 1 aromatic heterocycles. The van der Waals surface area contributed by atoms with Gasteiger partial charge in [-0.1, -0.05) is 5.16 Å². The van der Waals surface area contributed by atoms with Gasteiger partial charge >= 0.3 is 6.01 Å². The molecule has 0 aromatic carbocycles. The quantitative estimate of drug-likeness (QED) is 0.789. The van der Waals surface area contributed by atoms with E-state index in [1.807, 2.05) is 0 Å². The van der Waals surface area contributed by atoms with Crippen molar-refractivity contribution in [3.63, 3.8) is 0 Å². The first kappa shape index (κ1) is 9.45. The van der Waals surface area contributed by atoms with Crippen molar-refractivity contribution < 1.29 is 9.26 Å². The van der Waals surface area contributed by atoms with Crippen LogP contribution in [-0.4, -0.2) is 29.4 Å². The highest BCUT2D eigenvalue weighted by atomic mass is 16.5. The Morgan fingerprint density at radius 1 is 1.57 bits per heavy atom. The fourth-order valence-electron chi connectivity index (χ4n) is 1.63. The highest BCUT2D eigenvalue weighted by Gasteiger charge is 2.37. The summed E-state index contributed by atoms with van der Waals surface area (Å²) in [5.41, 5.74) is -0.0115. The van der Waals surface area contributed by atoms with Crippen molar-refractivity contribution in [1.29, 1.82) is 0 Å². The van der Waals surface area contributed by atoms with Crippen molar-refractivity contribution in [2.45, 2.75) is 31.8 Å². The molecule has 0 aliphatic heterocycles. The first-order chi connectivity index (χ1) is 6.74. The molecule has 5 nitrogen and oxygen atoms in total. The van der Waals surface area contributed by atoms with Crippen LogP contribution in [0.1, 0.15) is 25.1 Å². The van der Waals surface area contributed by atoms with Crippen LogP contribution in [0, 0.1) is 6.92 Å². The third-order valence-electron chi connectivity index (χ3n) is 2.79. The van der Waals surface area contributed by atoms with E-state index in [4.69, 9.17) is 9.26 Å². The zero-order chi connectivity index (χ0) is 10.0. The Hall–Kier alpha value is -1.10. The third kappa shape index (κ3) is 1.72. The van der Waals surface area contributed by atoms with Gasteiger partial charge in [0.2, 0.25) is 0 Å². The van der Waals surface area contributed by atoms with Crippen LogP contribution in [0.15, 0.2) is 4.52 Å².